The molecule has 0 aliphatic carbocycles. The number of carboxylic acids is 1. The third-order valence-electron chi connectivity index (χ3n) is 3.48. The van der Waals surface area contributed by atoms with Crippen LogP contribution in [0.25, 0.3) is 21.8 Å². The normalized spacial score (nSPS) is 10.4. The average Bonchev–Trinajstić information content (AvgIpc) is 3.15. The molecule has 0 saturated carbocycles. The molecule has 0 radical (unpaired) electrons. The molecular weight excluding hydrogens is 276 g/mol. The SMILES string of the molecule is O=C(O)Cc1c[nH]c2ccccc12.c1ccc2[nH]ccc2c1. The van der Waals surface area contributed by atoms with Gasteiger partial charge < -0.3 is 15.1 Å². The highest BCUT2D eigenvalue weighted by molar-refractivity contribution is 5.86. The van der Waals surface area contributed by atoms with Crippen molar-refractivity contribution in [2.45, 2.75) is 6.42 Å². The van der Waals surface area contributed by atoms with Crippen molar-refractivity contribution in [1.82, 2.24) is 9.97 Å². The van der Waals surface area contributed by atoms with Crippen molar-refractivity contribution < 1.29 is 9.90 Å². The van der Waals surface area contributed by atoms with Gasteiger partial charge >= 0.3 is 5.97 Å². The number of hydrogen-bond donors (Lipinski definition) is 3. The molecule has 0 bridgehead atoms. The van der Waals surface area contributed by atoms with Crippen molar-refractivity contribution >= 4 is 27.8 Å². The highest BCUT2D eigenvalue weighted by Crippen LogP contribution is 2.17. The second kappa shape index (κ2) is 6.18. The number of para-hydroxylation sites is 2. The summed E-state index contributed by atoms with van der Waals surface area (Å²) in [4.78, 5) is 16.6. The zero-order valence-electron chi connectivity index (χ0n) is 11.9. The van der Waals surface area contributed by atoms with Gasteiger partial charge in [-0.05, 0) is 29.1 Å². The summed E-state index contributed by atoms with van der Waals surface area (Å²) >= 11 is 0. The van der Waals surface area contributed by atoms with Gasteiger partial charge in [0, 0.05) is 28.8 Å². The number of nitrogens with one attached hydrogen (secondary N) is 2. The molecule has 0 spiro atoms. The lowest BCUT2D eigenvalue weighted by Gasteiger charge is -1.92. The number of aliphatic carboxylic acids is 1. The van der Waals surface area contributed by atoms with E-state index >= 15 is 0 Å². The number of carboxylic acid groups (broad SMARTS) is 1. The van der Waals surface area contributed by atoms with E-state index in [4.69, 9.17) is 5.11 Å². The number of hydrogen-bond acceptors (Lipinski definition) is 1. The maximum absolute atomic E-state index is 10.5. The molecule has 2 aromatic heterocycles. The summed E-state index contributed by atoms with van der Waals surface area (Å²) in [6.45, 7) is 0. The van der Waals surface area contributed by atoms with Crippen molar-refractivity contribution in [3.8, 4) is 0 Å². The van der Waals surface area contributed by atoms with E-state index in [2.05, 4.69) is 28.2 Å². The number of carbonyl (C=O) groups is 1. The van der Waals surface area contributed by atoms with E-state index in [1.165, 1.54) is 10.9 Å². The van der Waals surface area contributed by atoms with Crippen molar-refractivity contribution in [3.05, 3.63) is 72.6 Å². The Bertz CT molecular complexity index is 875. The van der Waals surface area contributed by atoms with Crippen molar-refractivity contribution in [3.63, 3.8) is 0 Å². The van der Waals surface area contributed by atoms with Gasteiger partial charge in [0.25, 0.3) is 0 Å². The summed E-state index contributed by atoms with van der Waals surface area (Å²) < 4.78 is 0. The summed E-state index contributed by atoms with van der Waals surface area (Å²) in [5.74, 6) is -0.801. The number of aromatic amines is 2. The van der Waals surface area contributed by atoms with E-state index in [0.29, 0.717) is 0 Å². The topological polar surface area (TPSA) is 68.9 Å². The van der Waals surface area contributed by atoms with E-state index in [-0.39, 0.29) is 6.42 Å². The lowest BCUT2D eigenvalue weighted by atomic mass is 10.1. The lowest BCUT2D eigenvalue weighted by molar-refractivity contribution is -0.136. The quantitative estimate of drug-likeness (QED) is 0.523. The van der Waals surface area contributed by atoms with Gasteiger partial charge in [0.1, 0.15) is 0 Å². The molecule has 0 saturated heterocycles. The van der Waals surface area contributed by atoms with E-state index in [1.807, 2.05) is 42.6 Å². The summed E-state index contributed by atoms with van der Waals surface area (Å²) in [5.41, 5.74) is 3.03. The Hall–Kier alpha value is -3.01. The van der Waals surface area contributed by atoms with Gasteiger partial charge in [-0.2, -0.15) is 0 Å². The molecule has 3 N–H and O–H groups in total. The van der Waals surface area contributed by atoms with Gasteiger partial charge in [0.2, 0.25) is 0 Å². The van der Waals surface area contributed by atoms with Crippen LogP contribution in [-0.4, -0.2) is 21.0 Å². The van der Waals surface area contributed by atoms with Crippen LogP contribution in [0.1, 0.15) is 5.56 Å². The van der Waals surface area contributed by atoms with Crippen molar-refractivity contribution in [1.29, 1.82) is 0 Å². The molecule has 0 amide bonds. The first-order valence-corrected chi connectivity index (χ1v) is 7.03. The highest BCUT2D eigenvalue weighted by atomic mass is 16.4. The van der Waals surface area contributed by atoms with Crippen LogP contribution in [0.5, 0.6) is 0 Å². The minimum atomic E-state index is -0.801. The molecule has 0 aliphatic heterocycles. The Kier molecular flexibility index (Phi) is 3.92. The van der Waals surface area contributed by atoms with Crippen LogP contribution in [0.4, 0.5) is 0 Å². The molecule has 110 valence electrons. The smallest absolute Gasteiger partial charge is 0.307 e. The summed E-state index contributed by atoms with van der Waals surface area (Å²) in [6.07, 6.45) is 3.77. The van der Waals surface area contributed by atoms with Crippen LogP contribution in [0.15, 0.2) is 67.0 Å². The van der Waals surface area contributed by atoms with Crippen LogP contribution >= 0.6 is 0 Å². The molecule has 0 unspecified atom stereocenters. The zero-order valence-corrected chi connectivity index (χ0v) is 11.9. The van der Waals surface area contributed by atoms with Crippen LogP contribution in [0, 0.1) is 0 Å². The summed E-state index contributed by atoms with van der Waals surface area (Å²) in [6, 6.07) is 18.0. The summed E-state index contributed by atoms with van der Waals surface area (Å²) in [5, 5.41) is 10.9. The van der Waals surface area contributed by atoms with Gasteiger partial charge in [0.15, 0.2) is 0 Å². The van der Waals surface area contributed by atoms with Gasteiger partial charge in [-0.25, -0.2) is 0 Å². The molecule has 4 rings (SSSR count). The molecule has 0 fully saturated rings. The monoisotopic (exact) mass is 292 g/mol. The molecule has 2 aromatic carbocycles. The van der Waals surface area contributed by atoms with Crippen molar-refractivity contribution in [2.24, 2.45) is 0 Å². The predicted octanol–water partition coefficient (Wildman–Crippen LogP) is 3.96. The Morgan fingerprint density at radius 2 is 1.64 bits per heavy atom. The average molecular weight is 292 g/mol. The minimum Gasteiger partial charge on any atom is -0.481 e. The minimum absolute atomic E-state index is 0.0734. The number of rotatable bonds is 2. The predicted molar refractivity (Wildman–Crippen MR) is 87.9 cm³/mol. The first-order valence-electron chi connectivity index (χ1n) is 7.03. The number of H-pyrrole nitrogens is 2. The van der Waals surface area contributed by atoms with Gasteiger partial charge in [-0.3, -0.25) is 4.79 Å². The fourth-order valence-corrected chi connectivity index (χ4v) is 2.44. The molecule has 4 nitrogen and oxygen atoms in total. The van der Waals surface area contributed by atoms with E-state index in [0.717, 1.165) is 16.5 Å². The zero-order chi connectivity index (χ0) is 15.4. The van der Waals surface area contributed by atoms with Gasteiger partial charge in [-0.15, -0.1) is 0 Å². The fraction of sp³-hybridized carbons (Fsp3) is 0.0556. The molecule has 4 heteroatoms. The molecule has 0 atom stereocenters. The number of fused-ring (bicyclic) bond motifs is 2. The van der Waals surface area contributed by atoms with Crippen LogP contribution in [0.2, 0.25) is 0 Å². The van der Waals surface area contributed by atoms with Gasteiger partial charge in [0.05, 0.1) is 6.42 Å². The second-order valence-electron chi connectivity index (χ2n) is 4.99. The first kappa shape index (κ1) is 13.9. The van der Waals surface area contributed by atoms with Crippen molar-refractivity contribution in [2.75, 3.05) is 0 Å². The molecular formula is C18H16N2O2. The summed E-state index contributed by atoms with van der Waals surface area (Å²) in [7, 11) is 0. The van der Waals surface area contributed by atoms with Crippen LogP contribution < -0.4 is 0 Å². The Balaban J connectivity index is 0.000000139. The third-order valence-corrected chi connectivity index (χ3v) is 3.48. The van der Waals surface area contributed by atoms with Gasteiger partial charge in [-0.1, -0.05) is 36.4 Å². The number of aromatic nitrogens is 2. The fourth-order valence-electron chi connectivity index (χ4n) is 2.44. The maximum atomic E-state index is 10.5. The largest absolute Gasteiger partial charge is 0.481 e. The Morgan fingerprint density at radius 1 is 0.909 bits per heavy atom. The molecule has 0 aliphatic rings. The van der Waals surface area contributed by atoms with Crippen LogP contribution in [-0.2, 0) is 11.2 Å². The molecule has 4 aromatic rings. The second-order valence-corrected chi connectivity index (χ2v) is 4.99. The highest BCUT2D eigenvalue weighted by Gasteiger charge is 2.05. The standard InChI is InChI=1S/C10H9NO2.C8H7N/c12-10(13)5-7-6-11-9-4-2-1-3-8(7)9;1-2-4-8-7(3-1)5-6-9-8/h1-4,6,11H,5H2,(H,12,13);1-6,9H. The van der Waals surface area contributed by atoms with E-state index in [1.54, 1.807) is 6.20 Å². The lowest BCUT2D eigenvalue weighted by Crippen LogP contribution is -1.98. The number of benzene rings is 2. The Morgan fingerprint density at radius 3 is 2.41 bits per heavy atom. The van der Waals surface area contributed by atoms with E-state index < -0.39 is 5.97 Å². The van der Waals surface area contributed by atoms with Crippen LogP contribution in [0.3, 0.4) is 0 Å². The molecule has 2 heterocycles. The van der Waals surface area contributed by atoms with E-state index in [9.17, 15) is 4.79 Å². The third kappa shape index (κ3) is 3.01. The maximum Gasteiger partial charge on any atom is 0.307 e. The Labute approximate surface area is 127 Å². The first-order chi connectivity index (χ1) is 10.7. The molecule has 22 heavy (non-hydrogen) atoms.